The van der Waals surface area contributed by atoms with Gasteiger partial charge >= 0.3 is 0 Å². The van der Waals surface area contributed by atoms with Crippen LogP contribution in [0.1, 0.15) is 24.5 Å². The van der Waals surface area contributed by atoms with E-state index in [1.54, 1.807) is 4.90 Å². The highest BCUT2D eigenvalue weighted by atomic mass is 16.2. The van der Waals surface area contributed by atoms with E-state index in [2.05, 4.69) is 12.2 Å². The van der Waals surface area contributed by atoms with E-state index in [4.69, 9.17) is 0 Å². The molecule has 5 nitrogen and oxygen atoms in total. The van der Waals surface area contributed by atoms with Crippen molar-refractivity contribution in [1.29, 1.82) is 0 Å². The molecule has 5 heteroatoms. The first kappa shape index (κ1) is 16.7. The van der Waals surface area contributed by atoms with E-state index in [1.165, 1.54) is 11.8 Å². The maximum atomic E-state index is 13.2. The first-order valence-electron chi connectivity index (χ1n) is 9.77. The third-order valence-corrected chi connectivity index (χ3v) is 7.06. The number of likely N-dealkylation sites (tertiary alicyclic amines) is 1. The smallest absolute Gasteiger partial charge is 0.235 e. The van der Waals surface area contributed by atoms with Gasteiger partial charge in [0.2, 0.25) is 17.7 Å². The number of anilines is 1. The summed E-state index contributed by atoms with van der Waals surface area (Å²) < 4.78 is 0. The summed E-state index contributed by atoms with van der Waals surface area (Å²) in [7, 11) is 0. The molecule has 2 saturated carbocycles. The summed E-state index contributed by atoms with van der Waals surface area (Å²) in [6, 6.07) is 5.85. The summed E-state index contributed by atoms with van der Waals surface area (Å²) >= 11 is 0. The zero-order valence-electron chi connectivity index (χ0n) is 15.9. The monoisotopic (exact) mass is 364 g/mol. The molecule has 6 rings (SSSR count). The number of hydrogen-bond donors (Lipinski definition) is 0. The van der Waals surface area contributed by atoms with Gasteiger partial charge < -0.3 is 0 Å². The van der Waals surface area contributed by atoms with Gasteiger partial charge in [-0.25, -0.2) is 0 Å². The van der Waals surface area contributed by atoms with Crippen LogP contribution in [0, 0.1) is 49.4 Å². The first-order valence-corrected chi connectivity index (χ1v) is 9.77. The minimum absolute atomic E-state index is 0.0126. The summed E-state index contributed by atoms with van der Waals surface area (Å²) in [6.45, 7) is 5.45. The molecule has 1 saturated heterocycles. The predicted molar refractivity (Wildman–Crippen MR) is 100 cm³/mol. The van der Waals surface area contributed by atoms with Crippen molar-refractivity contribution in [2.45, 2.75) is 27.2 Å². The van der Waals surface area contributed by atoms with Gasteiger partial charge in [0, 0.05) is 12.6 Å². The summed E-state index contributed by atoms with van der Waals surface area (Å²) in [6.07, 6.45) is 5.49. The normalized spacial score (nSPS) is 35.3. The van der Waals surface area contributed by atoms with Gasteiger partial charge in [0.05, 0.1) is 11.8 Å². The molecule has 0 unspecified atom stereocenters. The lowest BCUT2D eigenvalue weighted by atomic mass is 9.63. The Kier molecular flexibility index (Phi) is 3.43. The maximum Gasteiger partial charge on any atom is 0.235 e. The Morgan fingerprint density at radius 2 is 1.67 bits per heavy atom. The molecule has 5 aliphatic rings. The quantitative estimate of drug-likeness (QED) is 0.612. The van der Waals surface area contributed by atoms with Crippen LogP contribution in [0.3, 0.4) is 0 Å². The summed E-state index contributed by atoms with van der Waals surface area (Å²) in [5.41, 5.74) is 2.83. The molecule has 1 aromatic rings. The molecular formula is C22H24N2O3. The highest BCUT2D eigenvalue weighted by Gasteiger charge is 2.67. The number of nitrogens with zero attached hydrogens (tertiary/aromatic N) is 2. The maximum absolute atomic E-state index is 13.2. The van der Waals surface area contributed by atoms with E-state index in [9.17, 15) is 14.4 Å². The van der Waals surface area contributed by atoms with Gasteiger partial charge in [-0.2, -0.15) is 0 Å². The molecule has 4 aliphatic carbocycles. The Hall–Kier alpha value is -2.43. The first-order chi connectivity index (χ1) is 12.9. The van der Waals surface area contributed by atoms with Crippen LogP contribution < -0.4 is 4.90 Å². The number of aryl methyl sites for hydroxylation is 2. The zero-order chi connectivity index (χ0) is 19.0. The van der Waals surface area contributed by atoms with Crippen molar-refractivity contribution in [2.75, 3.05) is 11.6 Å². The zero-order valence-corrected chi connectivity index (χ0v) is 15.9. The fourth-order valence-electron chi connectivity index (χ4n) is 5.75. The van der Waals surface area contributed by atoms with Gasteiger partial charge in [0.25, 0.3) is 0 Å². The Bertz CT molecular complexity index is 869. The standard InChI is InChI=1S/C22H24N2O3/c1-11-4-7-18(12(2)8-11)23(13(3)25)10-24-21(26)19-14-5-6-15(17-9-16(14)17)20(19)22(24)27/h4-8,14-17,19-20H,9-10H2,1-3H3/t14-,15-,16-,17+,19-,20-/m1/s1. The summed E-state index contributed by atoms with van der Waals surface area (Å²) in [4.78, 5) is 41.6. The van der Waals surface area contributed by atoms with E-state index in [-0.39, 0.29) is 48.1 Å². The number of imide groups is 1. The van der Waals surface area contributed by atoms with Gasteiger partial charge in [0.15, 0.2) is 0 Å². The molecule has 140 valence electrons. The second-order valence-corrected chi connectivity index (χ2v) is 8.64. The Labute approximate surface area is 159 Å². The largest absolute Gasteiger partial charge is 0.294 e. The molecule has 3 amide bonds. The SMILES string of the molecule is CC(=O)N(CN1C(=O)[C@@H]2[C@@H]3C=C[C@H]([C@@H]4C[C@H]34)[C@H]2C1=O)c1ccc(C)cc1C. The predicted octanol–water partition coefficient (Wildman–Crippen LogP) is 2.67. The highest BCUT2D eigenvalue weighted by molar-refractivity contribution is 6.07. The number of allylic oxidation sites excluding steroid dienone is 2. The van der Waals surface area contributed by atoms with Gasteiger partial charge in [-0.05, 0) is 55.6 Å². The Morgan fingerprint density at radius 1 is 1.07 bits per heavy atom. The molecule has 0 N–H and O–H groups in total. The van der Waals surface area contributed by atoms with E-state index in [0.717, 1.165) is 23.2 Å². The van der Waals surface area contributed by atoms with E-state index < -0.39 is 0 Å². The average Bonchev–Trinajstić information content (AvgIpc) is 3.40. The highest BCUT2D eigenvalue weighted by Crippen LogP contribution is 2.65. The minimum Gasteiger partial charge on any atom is -0.294 e. The third kappa shape index (κ3) is 2.27. The van der Waals surface area contributed by atoms with Gasteiger partial charge in [-0.1, -0.05) is 29.8 Å². The van der Waals surface area contributed by atoms with E-state index in [0.29, 0.717) is 11.8 Å². The van der Waals surface area contributed by atoms with Crippen molar-refractivity contribution in [3.8, 4) is 0 Å². The molecular weight excluding hydrogens is 340 g/mol. The number of rotatable bonds is 3. The molecule has 3 fully saturated rings. The Balaban J connectivity index is 1.45. The van der Waals surface area contributed by atoms with Gasteiger partial charge in [-0.15, -0.1) is 0 Å². The van der Waals surface area contributed by atoms with Crippen LogP contribution >= 0.6 is 0 Å². The average molecular weight is 364 g/mol. The van der Waals surface area contributed by atoms with Crippen LogP contribution in [0.15, 0.2) is 30.4 Å². The fraction of sp³-hybridized carbons (Fsp3) is 0.500. The molecule has 0 spiro atoms. The topological polar surface area (TPSA) is 57.7 Å². The number of carbonyl (C=O) groups is 3. The molecule has 0 radical (unpaired) electrons. The molecule has 0 aromatic heterocycles. The number of amides is 3. The summed E-state index contributed by atoms with van der Waals surface area (Å²) in [5.74, 6) is 0.797. The van der Waals surface area contributed by atoms with Crippen molar-refractivity contribution in [2.24, 2.45) is 35.5 Å². The van der Waals surface area contributed by atoms with Crippen LogP contribution in [-0.4, -0.2) is 29.3 Å². The second-order valence-electron chi connectivity index (χ2n) is 8.64. The van der Waals surface area contributed by atoms with Crippen LogP contribution in [0.5, 0.6) is 0 Å². The van der Waals surface area contributed by atoms with Crippen molar-refractivity contribution in [3.05, 3.63) is 41.5 Å². The van der Waals surface area contributed by atoms with Crippen molar-refractivity contribution >= 4 is 23.4 Å². The molecule has 1 heterocycles. The number of hydrogen-bond acceptors (Lipinski definition) is 3. The minimum atomic E-state index is -0.218. The lowest BCUT2D eigenvalue weighted by Gasteiger charge is -2.37. The lowest BCUT2D eigenvalue weighted by Crippen LogP contribution is -2.44. The number of benzene rings is 1. The molecule has 6 atom stereocenters. The van der Waals surface area contributed by atoms with Crippen molar-refractivity contribution < 1.29 is 14.4 Å². The van der Waals surface area contributed by atoms with Crippen LogP contribution in [0.25, 0.3) is 0 Å². The van der Waals surface area contributed by atoms with E-state index in [1.807, 2.05) is 32.0 Å². The molecule has 27 heavy (non-hydrogen) atoms. The van der Waals surface area contributed by atoms with Gasteiger partial charge in [-0.3, -0.25) is 24.2 Å². The van der Waals surface area contributed by atoms with Gasteiger partial charge in [0.1, 0.15) is 6.67 Å². The third-order valence-electron chi connectivity index (χ3n) is 7.06. The Morgan fingerprint density at radius 3 is 2.19 bits per heavy atom. The molecule has 2 bridgehead atoms. The number of carbonyl (C=O) groups excluding carboxylic acids is 3. The molecule has 1 aromatic carbocycles. The lowest BCUT2D eigenvalue weighted by molar-refractivity contribution is -0.140. The van der Waals surface area contributed by atoms with Crippen molar-refractivity contribution in [1.82, 2.24) is 4.90 Å². The van der Waals surface area contributed by atoms with E-state index >= 15 is 0 Å². The van der Waals surface area contributed by atoms with Crippen LogP contribution in [0.2, 0.25) is 0 Å². The van der Waals surface area contributed by atoms with Crippen LogP contribution in [0.4, 0.5) is 5.69 Å². The second kappa shape index (κ2) is 5.54. The summed E-state index contributed by atoms with van der Waals surface area (Å²) in [5, 5.41) is 0. The van der Waals surface area contributed by atoms with Crippen molar-refractivity contribution in [3.63, 3.8) is 0 Å². The fourth-order valence-corrected chi connectivity index (χ4v) is 5.75. The van der Waals surface area contributed by atoms with Crippen LogP contribution in [-0.2, 0) is 14.4 Å². The molecule has 1 aliphatic heterocycles.